The van der Waals surface area contributed by atoms with Gasteiger partial charge in [0.15, 0.2) is 0 Å². The quantitative estimate of drug-likeness (QED) is 0.670. The van der Waals surface area contributed by atoms with Crippen molar-refractivity contribution < 1.29 is 19.1 Å². The van der Waals surface area contributed by atoms with Crippen molar-refractivity contribution in [3.05, 3.63) is 59.2 Å². The lowest BCUT2D eigenvalue weighted by atomic mass is 10.0. The van der Waals surface area contributed by atoms with Crippen LogP contribution in [0.15, 0.2) is 42.5 Å². The first-order valence-corrected chi connectivity index (χ1v) is 10.5. The summed E-state index contributed by atoms with van der Waals surface area (Å²) < 4.78 is 10.3. The molecule has 1 saturated heterocycles. The molecular weight excluding hydrogens is 380 g/mol. The normalized spacial score (nSPS) is 13.7. The summed E-state index contributed by atoms with van der Waals surface area (Å²) in [4.78, 5) is 27.1. The Labute approximate surface area is 178 Å². The van der Waals surface area contributed by atoms with Crippen LogP contribution in [0.5, 0.6) is 0 Å². The highest BCUT2D eigenvalue weighted by Gasteiger charge is 2.18. The number of aryl methyl sites for hydroxylation is 1. The summed E-state index contributed by atoms with van der Waals surface area (Å²) >= 11 is 0. The highest BCUT2D eigenvalue weighted by molar-refractivity contribution is 6.02. The highest BCUT2D eigenvalue weighted by atomic mass is 16.5. The van der Waals surface area contributed by atoms with Gasteiger partial charge in [-0.3, -0.25) is 4.79 Å². The molecule has 0 atom stereocenters. The van der Waals surface area contributed by atoms with Gasteiger partial charge in [0.05, 0.1) is 38.0 Å². The van der Waals surface area contributed by atoms with Crippen molar-refractivity contribution in [1.29, 1.82) is 0 Å². The summed E-state index contributed by atoms with van der Waals surface area (Å²) in [5.41, 5.74) is 3.96. The van der Waals surface area contributed by atoms with E-state index < -0.39 is 5.97 Å². The standard InChI is InChI=1S/C24H30N2O4/c1-3-4-5-18-6-8-19(9-7-18)16-23(27)25-22-11-10-20(17-21(22)24(28)29-2)26-12-14-30-15-13-26/h6-11,17H,3-5,12-16H2,1-2H3,(H,25,27). The molecule has 0 spiro atoms. The van der Waals surface area contributed by atoms with Gasteiger partial charge in [-0.05, 0) is 42.2 Å². The molecule has 0 radical (unpaired) electrons. The number of unbranched alkanes of at least 4 members (excludes halogenated alkanes) is 1. The Morgan fingerprint density at radius 2 is 1.77 bits per heavy atom. The van der Waals surface area contributed by atoms with Crippen LogP contribution in [0.3, 0.4) is 0 Å². The molecule has 1 aliphatic rings. The molecule has 1 aliphatic heterocycles. The summed E-state index contributed by atoms with van der Waals surface area (Å²) in [5, 5.41) is 2.87. The van der Waals surface area contributed by atoms with E-state index in [9.17, 15) is 9.59 Å². The van der Waals surface area contributed by atoms with Crippen LogP contribution in [0, 0.1) is 0 Å². The smallest absolute Gasteiger partial charge is 0.340 e. The average Bonchev–Trinajstić information content (AvgIpc) is 2.79. The van der Waals surface area contributed by atoms with Crippen molar-refractivity contribution in [2.24, 2.45) is 0 Å². The lowest BCUT2D eigenvalue weighted by Crippen LogP contribution is -2.36. The lowest BCUT2D eigenvalue weighted by Gasteiger charge is -2.29. The average molecular weight is 411 g/mol. The van der Waals surface area contributed by atoms with E-state index in [2.05, 4.69) is 29.3 Å². The number of hydrogen-bond donors (Lipinski definition) is 1. The number of carbonyl (C=O) groups is 2. The number of benzene rings is 2. The Balaban J connectivity index is 1.69. The van der Waals surface area contributed by atoms with Crippen LogP contribution in [0.1, 0.15) is 41.3 Å². The van der Waals surface area contributed by atoms with Gasteiger partial charge < -0.3 is 19.7 Å². The van der Waals surface area contributed by atoms with Gasteiger partial charge in [0.25, 0.3) is 0 Å². The van der Waals surface area contributed by atoms with E-state index in [0.717, 1.165) is 43.6 Å². The Kier molecular flexibility index (Phi) is 7.85. The van der Waals surface area contributed by atoms with Crippen molar-refractivity contribution in [2.75, 3.05) is 43.6 Å². The molecule has 0 bridgehead atoms. The maximum Gasteiger partial charge on any atom is 0.340 e. The second kappa shape index (κ2) is 10.8. The summed E-state index contributed by atoms with van der Waals surface area (Å²) in [6.07, 6.45) is 3.63. The fourth-order valence-corrected chi connectivity index (χ4v) is 3.52. The van der Waals surface area contributed by atoms with Crippen LogP contribution in [0.2, 0.25) is 0 Å². The number of ether oxygens (including phenoxy) is 2. The van der Waals surface area contributed by atoms with Crippen LogP contribution >= 0.6 is 0 Å². The van der Waals surface area contributed by atoms with E-state index in [1.165, 1.54) is 12.7 Å². The number of rotatable bonds is 8. The monoisotopic (exact) mass is 410 g/mol. The molecule has 0 saturated carbocycles. The van der Waals surface area contributed by atoms with Crippen molar-refractivity contribution in [3.63, 3.8) is 0 Å². The molecule has 1 fully saturated rings. The minimum atomic E-state index is -0.472. The lowest BCUT2D eigenvalue weighted by molar-refractivity contribution is -0.115. The topological polar surface area (TPSA) is 67.9 Å². The number of carbonyl (C=O) groups excluding carboxylic acids is 2. The van der Waals surface area contributed by atoms with Crippen molar-refractivity contribution in [1.82, 2.24) is 0 Å². The fraction of sp³-hybridized carbons (Fsp3) is 0.417. The maximum absolute atomic E-state index is 12.6. The van der Waals surface area contributed by atoms with E-state index in [0.29, 0.717) is 24.5 Å². The number of nitrogens with zero attached hydrogens (tertiary/aromatic N) is 1. The Morgan fingerprint density at radius 1 is 1.07 bits per heavy atom. The van der Waals surface area contributed by atoms with Crippen LogP contribution in [0.4, 0.5) is 11.4 Å². The first-order chi connectivity index (χ1) is 14.6. The predicted molar refractivity (Wildman–Crippen MR) is 118 cm³/mol. The van der Waals surface area contributed by atoms with E-state index in [1.54, 1.807) is 12.1 Å². The molecule has 6 heteroatoms. The number of amides is 1. The van der Waals surface area contributed by atoms with E-state index in [1.807, 2.05) is 18.2 Å². The first kappa shape index (κ1) is 21.8. The molecule has 160 valence electrons. The summed E-state index contributed by atoms with van der Waals surface area (Å²) in [6.45, 7) is 5.02. The van der Waals surface area contributed by atoms with E-state index in [4.69, 9.17) is 9.47 Å². The largest absolute Gasteiger partial charge is 0.465 e. The molecule has 3 rings (SSSR count). The minimum absolute atomic E-state index is 0.166. The van der Waals surface area contributed by atoms with Crippen LogP contribution in [-0.4, -0.2) is 45.3 Å². The zero-order valence-corrected chi connectivity index (χ0v) is 17.8. The molecule has 0 aromatic heterocycles. The molecule has 1 amide bonds. The molecule has 30 heavy (non-hydrogen) atoms. The second-order valence-electron chi connectivity index (χ2n) is 7.47. The molecule has 1 heterocycles. The number of morpholine rings is 1. The molecule has 2 aromatic rings. The number of anilines is 2. The maximum atomic E-state index is 12.6. The van der Waals surface area contributed by atoms with Gasteiger partial charge in [-0.25, -0.2) is 4.79 Å². The number of methoxy groups -OCH3 is 1. The van der Waals surface area contributed by atoms with Gasteiger partial charge in [-0.1, -0.05) is 37.6 Å². The molecule has 2 aromatic carbocycles. The predicted octanol–water partition coefficient (Wildman–Crippen LogP) is 3.83. The van der Waals surface area contributed by atoms with Crippen molar-refractivity contribution in [3.8, 4) is 0 Å². The Hall–Kier alpha value is -2.86. The molecule has 0 unspecified atom stereocenters. The Morgan fingerprint density at radius 3 is 2.43 bits per heavy atom. The van der Waals surface area contributed by atoms with Gasteiger partial charge in [-0.15, -0.1) is 0 Å². The van der Waals surface area contributed by atoms with Crippen molar-refractivity contribution >= 4 is 23.3 Å². The minimum Gasteiger partial charge on any atom is -0.465 e. The first-order valence-electron chi connectivity index (χ1n) is 10.5. The van der Waals surface area contributed by atoms with E-state index >= 15 is 0 Å². The third-order valence-corrected chi connectivity index (χ3v) is 5.27. The molecule has 1 N–H and O–H groups in total. The summed E-state index contributed by atoms with van der Waals surface area (Å²) in [5.74, 6) is -0.638. The van der Waals surface area contributed by atoms with Crippen LogP contribution in [-0.2, 0) is 27.1 Å². The SMILES string of the molecule is CCCCc1ccc(CC(=O)Nc2ccc(N3CCOCC3)cc2C(=O)OC)cc1. The number of nitrogens with one attached hydrogen (secondary N) is 1. The van der Waals surface area contributed by atoms with Gasteiger partial charge in [0.2, 0.25) is 5.91 Å². The zero-order chi connectivity index (χ0) is 21.3. The van der Waals surface area contributed by atoms with Crippen molar-refractivity contribution in [2.45, 2.75) is 32.6 Å². The second-order valence-corrected chi connectivity index (χ2v) is 7.47. The molecule has 0 aliphatic carbocycles. The molecular formula is C24H30N2O4. The summed E-state index contributed by atoms with van der Waals surface area (Å²) in [7, 11) is 1.34. The third kappa shape index (κ3) is 5.83. The van der Waals surface area contributed by atoms with Gasteiger partial charge >= 0.3 is 5.97 Å². The van der Waals surface area contributed by atoms with Crippen LogP contribution in [0.25, 0.3) is 0 Å². The Bertz CT molecular complexity index is 858. The number of esters is 1. The van der Waals surface area contributed by atoms with Gasteiger partial charge in [0, 0.05) is 18.8 Å². The fourth-order valence-electron chi connectivity index (χ4n) is 3.52. The highest BCUT2D eigenvalue weighted by Crippen LogP contribution is 2.25. The van der Waals surface area contributed by atoms with Gasteiger partial charge in [0.1, 0.15) is 0 Å². The number of hydrogen-bond acceptors (Lipinski definition) is 5. The summed E-state index contributed by atoms with van der Waals surface area (Å²) in [6, 6.07) is 13.6. The zero-order valence-electron chi connectivity index (χ0n) is 17.8. The van der Waals surface area contributed by atoms with E-state index in [-0.39, 0.29) is 12.3 Å². The van der Waals surface area contributed by atoms with Gasteiger partial charge in [-0.2, -0.15) is 0 Å². The van der Waals surface area contributed by atoms with Crippen LogP contribution < -0.4 is 10.2 Å². The molecule has 6 nitrogen and oxygen atoms in total. The third-order valence-electron chi connectivity index (χ3n) is 5.27.